The Balaban J connectivity index is 1.61. The molecule has 5 nitrogen and oxygen atoms in total. The highest BCUT2D eigenvalue weighted by molar-refractivity contribution is 7.14. The number of nitrogens with zero attached hydrogens (tertiary/aromatic N) is 2. The van der Waals surface area contributed by atoms with Crippen LogP contribution in [0.1, 0.15) is 44.2 Å². The van der Waals surface area contributed by atoms with E-state index in [0.717, 1.165) is 39.9 Å². The van der Waals surface area contributed by atoms with Crippen molar-refractivity contribution in [2.45, 2.75) is 40.0 Å². The predicted octanol–water partition coefficient (Wildman–Crippen LogP) is 6.53. The number of hydrogen-bond acceptors (Lipinski definition) is 6. The summed E-state index contributed by atoms with van der Waals surface area (Å²) in [5.74, 6) is 1.52. The van der Waals surface area contributed by atoms with Gasteiger partial charge >= 0.3 is 0 Å². The molecule has 3 aromatic rings. The lowest BCUT2D eigenvalue weighted by Crippen LogP contribution is -2.01. The first-order valence-corrected chi connectivity index (χ1v) is 11.3. The third-order valence-electron chi connectivity index (χ3n) is 4.50. The Labute approximate surface area is 182 Å². The second kappa shape index (κ2) is 11.4. The van der Waals surface area contributed by atoms with Crippen molar-refractivity contribution in [3.63, 3.8) is 0 Å². The standard InChI is InChI=1S/C24H29N3O2S/c1-4-6-7-14-29-22-13-10-19(15-23(22)28-5-2)16-25-27-24-26-21(17-30-24)20-11-8-18(3)9-12-20/h8-13,15-17H,4-7,14H2,1-3H3,(H,26,27)/b25-16-. The van der Waals surface area contributed by atoms with Crippen LogP contribution >= 0.6 is 11.3 Å². The van der Waals surface area contributed by atoms with Gasteiger partial charge in [0.15, 0.2) is 11.5 Å². The molecule has 0 amide bonds. The zero-order valence-corrected chi connectivity index (χ0v) is 18.7. The Kier molecular flexibility index (Phi) is 8.27. The summed E-state index contributed by atoms with van der Waals surface area (Å²) in [5, 5.41) is 7.11. The molecule has 30 heavy (non-hydrogen) atoms. The number of hydrogen-bond donors (Lipinski definition) is 1. The van der Waals surface area contributed by atoms with Crippen molar-refractivity contribution in [3.8, 4) is 22.8 Å². The van der Waals surface area contributed by atoms with Crippen molar-refractivity contribution < 1.29 is 9.47 Å². The molecule has 1 aromatic heterocycles. The van der Waals surface area contributed by atoms with Crippen LogP contribution in [0.15, 0.2) is 52.9 Å². The summed E-state index contributed by atoms with van der Waals surface area (Å²) in [7, 11) is 0. The van der Waals surface area contributed by atoms with Gasteiger partial charge in [-0.15, -0.1) is 11.3 Å². The van der Waals surface area contributed by atoms with E-state index in [1.54, 1.807) is 6.21 Å². The number of rotatable bonds is 11. The molecule has 3 rings (SSSR count). The van der Waals surface area contributed by atoms with E-state index in [-0.39, 0.29) is 0 Å². The second-order valence-corrected chi connectivity index (χ2v) is 7.83. The zero-order chi connectivity index (χ0) is 21.2. The Hall–Kier alpha value is -2.86. The smallest absolute Gasteiger partial charge is 0.203 e. The van der Waals surface area contributed by atoms with Crippen molar-refractivity contribution in [3.05, 3.63) is 59.0 Å². The second-order valence-electron chi connectivity index (χ2n) is 6.97. The topological polar surface area (TPSA) is 55.7 Å². The van der Waals surface area contributed by atoms with Gasteiger partial charge in [-0.05, 0) is 44.0 Å². The first kappa shape index (κ1) is 21.8. The Morgan fingerprint density at radius 1 is 1.03 bits per heavy atom. The Bertz CT molecular complexity index is 951. The van der Waals surface area contributed by atoms with Gasteiger partial charge in [0.25, 0.3) is 0 Å². The van der Waals surface area contributed by atoms with E-state index in [2.05, 4.69) is 53.6 Å². The number of unbranched alkanes of at least 4 members (excludes halogenated alkanes) is 2. The first-order valence-electron chi connectivity index (χ1n) is 10.4. The minimum absolute atomic E-state index is 0.588. The molecule has 158 valence electrons. The Morgan fingerprint density at radius 3 is 2.63 bits per heavy atom. The van der Waals surface area contributed by atoms with Crippen LogP contribution in [0.25, 0.3) is 11.3 Å². The van der Waals surface area contributed by atoms with E-state index < -0.39 is 0 Å². The molecule has 0 atom stereocenters. The minimum atomic E-state index is 0.588. The number of aromatic nitrogens is 1. The molecule has 0 saturated heterocycles. The molecule has 6 heteroatoms. The maximum Gasteiger partial charge on any atom is 0.203 e. The fourth-order valence-electron chi connectivity index (χ4n) is 2.87. The van der Waals surface area contributed by atoms with Gasteiger partial charge in [-0.3, -0.25) is 5.43 Å². The summed E-state index contributed by atoms with van der Waals surface area (Å²) in [6, 6.07) is 14.2. The first-order chi connectivity index (χ1) is 14.7. The van der Waals surface area contributed by atoms with Crippen LogP contribution in [-0.2, 0) is 0 Å². The third-order valence-corrected chi connectivity index (χ3v) is 5.25. The van der Waals surface area contributed by atoms with E-state index in [0.29, 0.717) is 13.2 Å². The lowest BCUT2D eigenvalue weighted by Gasteiger charge is -2.12. The maximum absolute atomic E-state index is 5.88. The summed E-state index contributed by atoms with van der Waals surface area (Å²) in [6.45, 7) is 7.52. The number of thiazole rings is 1. The predicted molar refractivity (Wildman–Crippen MR) is 126 cm³/mol. The average Bonchev–Trinajstić information content (AvgIpc) is 3.22. The number of benzene rings is 2. The molecule has 0 bridgehead atoms. The van der Waals surface area contributed by atoms with Crippen molar-refractivity contribution in [2.75, 3.05) is 18.6 Å². The van der Waals surface area contributed by atoms with Gasteiger partial charge in [0.1, 0.15) is 0 Å². The number of ether oxygens (including phenoxy) is 2. The molecule has 0 unspecified atom stereocenters. The summed E-state index contributed by atoms with van der Waals surface area (Å²) >= 11 is 1.53. The molecule has 0 aliphatic carbocycles. The number of aryl methyl sites for hydroxylation is 1. The highest BCUT2D eigenvalue weighted by Gasteiger charge is 2.07. The summed E-state index contributed by atoms with van der Waals surface area (Å²) in [5.41, 5.74) is 7.23. The lowest BCUT2D eigenvalue weighted by atomic mass is 10.1. The molecule has 0 aliphatic rings. The van der Waals surface area contributed by atoms with E-state index in [4.69, 9.17) is 9.47 Å². The van der Waals surface area contributed by atoms with Crippen molar-refractivity contribution >= 4 is 22.7 Å². The third kappa shape index (κ3) is 6.32. The van der Waals surface area contributed by atoms with Crippen LogP contribution in [-0.4, -0.2) is 24.4 Å². The van der Waals surface area contributed by atoms with Crippen LogP contribution < -0.4 is 14.9 Å². The molecule has 0 aliphatic heterocycles. The van der Waals surface area contributed by atoms with Crippen LogP contribution in [0.3, 0.4) is 0 Å². The number of hydrazone groups is 1. The SMILES string of the molecule is CCCCCOc1ccc(/C=N\Nc2nc(-c3ccc(C)cc3)cs2)cc1OCC. The minimum Gasteiger partial charge on any atom is -0.490 e. The molecule has 0 fully saturated rings. The number of nitrogens with one attached hydrogen (secondary N) is 1. The monoisotopic (exact) mass is 423 g/mol. The van der Waals surface area contributed by atoms with Gasteiger partial charge in [0.05, 0.1) is 25.1 Å². The quantitative estimate of drug-likeness (QED) is 0.216. The summed E-state index contributed by atoms with van der Waals surface area (Å²) < 4.78 is 11.6. The van der Waals surface area contributed by atoms with Gasteiger partial charge in [-0.25, -0.2) is 4.98 Å². The van der Waals surface area contributed by atoms with Crippen molar-refractivity contribution in [1.82, 2.24) is 4.98 Å². The largest absolute Gasteiger partial charge is 0.490 e. The van der Waals surface area contributed by atoms with E-state index in [1.165, 1.54) is 29.7 Å². The molecule has 1 N–H and O–H groups in total. The van der Waals surface area contributed by atoms with Crippen molar-refractivity contribution in [2.24, 2.45) is 5.10 Å². The Morgan fingerprint density at radius 2 is 1.87 bits per heavy atom. The normalized spacial score (nSPS) is 11.0. The van der Waals surface area contributed by atoms with Gasteiger partial charge in [0.2, 0.25) is 5.13 Å². The molecule has 2 aromatic carbocycles. The van der Waals surface area contributed by atoms with Crippen LogP contribution in [0.5, 0.6) is 11.5 Å². The van der Waals surface area contributed by atoms with Gasteiger partial charge in [-0.1, -0.05) is 49.6 Å². The van der Waals surface area contributed by atoms with Crippen molar-refractivity contribution in [1.29, 1.82) is 0 Å². The fourth-order valence-corrected chi connectivity index (χ4v) is 3.54. The highest BCUT2D eigenvalue weighted by atomic mass is 32.1. The van der Waals surface area contributed by atoms with Crippen LogP contribution in [0.4, 0.5) is 5.13 Å². The van der Waals surface area contributed by atoms with Gasteiger partial charge in [0, 0.05) is 10.9 Å². The number of anilines is 1. The molecule has 1 heterocycles. The summed E-state index contributed by atoms with van der Waals surface area (Å²) in [4.78, 5) is 4.60. The maximum atomic E-state index is 5.88. The highest BCUT2D eigenvalue weighted by Crippen LogP contribution is 2.29. The van der Waals surface area contributed by atoms with Gasteiger partial charge < -0.3 is 9.47 Å². The molecular formula is C24H29N3O2S. The van der Waals surface area contributed by atoms with E-state index in [1.807, 2.05) is 30.5 Å². The summed E-state index contributed by atoms with van der Waals surface area (Å²) in [6.07, 6.45) is 5.16. The molecule has 0 radical (unpaired) electrons. The van der Waals surface area contributed by atoms with Crippen LogP contribution in [0, 0.1) is 6.92 Å². The average molecular weight is 424 g/mol. The molecule has 0 spiro atoms. The fraction of sp³-hybridized carbons (Fsp3) is 0.333. The zero-order valence-electron chi connectivity index (χ0n) is 17.9. The van der Waals surface area contributed by atoms with E-state index >= 15 is 0 Å². The van der Waals surface area contributed by atoms with Gasteiger partial charge in [-0.2, -0.15) is 5.10 Å². The van der Waals surface area contributed by atoms with E-state index in [9.17, 15) is 0 Å². The molecule has 0 saturated carbocycles. The van der Waals surface area contributed by atoms with Crippen LogP contribution in [0.2, 0.25) is 0 Å². The molecular weight excluding hydrogens is 394 g/mol. The lowest BCUT2D eigenvalue weighted by molar-refractivity contribution is 0.271.